The van der Waals surface area contributed by atoms with Gasteiger partial charge in [0.25, 0.3) is 0 Å². The van der Waals surface area contributed by atoms with Crippen molar-refractivity contribution in [2.24, 2.45) is 5.92 Å². The predicted molar refractivity (Wildman–Crippen MR) is 100 cm³/mol. The van der Waals surface area contributed by atoms with E-state index in [0.717, 1.165) is 22.0 Å². The number of anilines is 1. The van der Waals surface area contributed by atoms with Gasteiger partial charge >= 0.3 is 0 Å². The number of aromatic nitrogens is 1. The maximum absolute atomic E-state index is 12.5. The molecule has 0 radical (unpaired) electrons. The average Bonchev–Trinajstić information content (AvgIpc) is 3.08. The Morgan fingerprint density at radius 2 is 2.12 bits per heavy atom. The van der Waals surface area contributed by atoms with Crippen molar-refractivity contribution in [2.45, 2.75) is 19.8 Å². The molecule has 0 aliphatic carbocycles. The molecule has 1 saturated heterocycles. The molecular weight excluding hydrogens is 334 g/mol. The summed E-state index contributed by atoms with van der Waals surface area (Å²) in [5.74, 6) is -0.124. The van der Waals surface area contributed by atoms with Gasteiger partial charge in [0.05, 0.1) is 10.7 Å². The van der Waals surface area contributed by atoms with Crippen LogP contribution in [0.25, 0.3) is 11.3 Å². The van der Waals surface area contributed by atoms with E-state index in [9.17, 15) is 9.59 Å². The second kappa shape index (κ2) is 7.61. The van der Waals surface area contributed by atoms with E-state index in [1.54, 1.807) is 16.2 Å². The molecule has 1 aliphatic heterocycles. The number of likely N-dealkylation sites (tertiary alicyclic amines) is 1. The molecule has 1 aromatic carbocycles. The number of carbonyl (C=O) groups excluding carboxylic acids is 2. The molecule has 2 heterocycles. The number of aryl methyl sites for hydroxylation is 1. The topological polar surface area (TPSA) is 62.3 Å². The van der Waals surface area contributed by atoms with E-state index >= 15 is 0 Å². The number of piperidine rings is 1. The molecule has 1 aromatic heterocycles. The number of thiazole rings is 1. The monoisotopic (exact) mass is 355 g/mol. The lowest BCUT2D eigenvalue weighted by atomic mass is 9.95. The van der Waals surface area contributed by atoms with E-state index in [4.69, 9.17) is 0 Å². The van der Waals surface area contributed by atoms with Crippen molar-refractivity contribution < 1.29 is 9.59 Å². The van der Waals surface area contributed by atoms with Gasteiger partial charge in [-0.05, 0) is 38.0 Å². The number of hydrogen-bond acceptors (Lipinski definition) is 4. The molecule has 0 unspecified atom stereocenters. The Labute approximate surface area is 151 Å². The van der Waals surface area contributed by atoms with E-state index < -0.39 is 0 Å². The summed E-state index contributed by atoms with van der Waals surface area (Å²) in [5, 5.41) is 6.03. The average molecular weight is 355 g/mol. The number of benzene rings is 1. The van der Waals surface area contributed by atoms with Crippen LogP contribution in [-0.2, 0) is 9.59 Å². The summed E-state index contributed by atoms with van der Waals surface area (Å²) in [4.78, 5) is 30.4. The van der Waals surface area contributed by atoms with E-state index in [-0.39, 0.29) is 17.7 Å². The van der Waals surface area contributed by atoms with Crippen LogP contribution in [0.15, 0.2) is 42.3 Å². The van der Waals surface area contributed by atoms with Gasteiger partial charge in [-0.25, -0.2) is 4.98 Å². The van der Waals surface area contributed by atoms with Gasteiger partial charge in [-0.1, -0.05) is 18.7 Å². The van der Waals surface area contributed by atoms with Gasteiger partial charge in [-0.2, -0.15) is 0 Å². The minimum Gasteiger partial charge on any atom is -0.339 e. The van der Waals surface area contributed by atoms with Crippen molar-refractivity contribution in [3.63, 3.8) is 0 Å². The molecule has 130 valence electrons. The third kappa shape index (κ3) is 4.14. The SMILES string of the molecule is C=CC(=O)N1CCC(C(=O)Nc2cccc(-c3csc(C)n3)c2)CC1. The third-order valence-corrected chi connectivity index (χ3v) is 5.17. The van der Waals surface area contributed by atoms with Crippen LogP contribution in [0.5, 0.6) is 0 Å². The van der Waals surface area contributed by atoms with Crippen LogP contribution >= 0.6 is 11.3 Å². The zero-order chi connectivity index (χ0) is 17.8. The summed E-state index contributed by atoms with van der Waals surface area (Å²) in [7, 11) is 0. The Hall–Kier alpha value is -2.47. The summed E-state index contributed by atoms with van der Waals surface area (Å²) < 4.78 is 0. The van der Waals surface area contributed by atoms with Gasteiger partial charge in [-0.3, -0.25) is 9.59 Å². The quantitative estimate of drug-likeness (QED) is 0.854. The fraction of sp³-hybridized carbons (Fsp3) is 0.316. The molecule has 5 nitrogen and oxygen atoms in total. The van der Waals surface area contributed by atoms with Gasteiger partial charge < -0.3 is 10.2 Å². The first-order valence-electron chi connectivity index (χ1n) is 8.31. The van der Waals surface area contributed by atoms with Crippen molar-refractivity contribution in [3.05, 3.63) is 47.3 Å². The lowest BCUT2D eigenvalue weighted by Crippen LogP contribution is -2.40. The lowest BCUT2D eigenvalue weighted by Gasteiger charge is -2.30. The molecule has 2 amide bonds. The van der Waals surface area contributed by atoms with Gasteiger partial charge in [-0.15, -0.1) is 11.3 Å². The largest absolute Gasteiger partial charge is 0.339 e. The van der Waals surface area contributed by atoms with E-state index in [0.29, 0.717) is 25.9 Å². The predicted octanol–water partition coefficient (Wildman–Crippen LogP) is 3.48. The summed E-state index contributed by atoms with van der Waals surface area (Å²) in [6, 6.07) is 7.74. The molecule has 0 atom stereocenters. The Kier molecular flexibility index (Phi) is 5.28. The number of nitrogens with zero attached hydrogens (tertiary/aromatic N) is 2. The van der Waals surface area contributed by atoms with Crippen LogP contribution in [0.1, 0.15) is 17.8 Å². The second-order valence-electron chi connectivity index (χ2n) is 6.13. The number of carbonyl (C=O) groups is 2. The molecular formula is C19H21N3O2S. The Morgan fingerprint density at radius 3 is 2.76 bits per heavy atom. The number of amides is 2. The van der Waals surface area contributed by atoms with E-state index in [2.05, 4.69) is 16.9 Å². The fourth-order valence-corrected chi connectivity index (χ4v) is 3.61. The van der Waals surface area contributed by atoms with Crippen LogP contribution in [0.4, 0.5) is 5.69 Å². The molecule has 0 bridgehead atoms. The smallest absolute Gasteiger partial charge is 0.245 e. The van der Waals surface area contributed by atoms with Crippen molar-refractivity contribution in [1.29, 1.82) is 0 Å². The molecule has 0 saturated carbocycles. The van der Waals surface area contributed by atoms with Crippen LogP contribution in [-0.4, -0.2) is 34.8 Å². The Balaban J connectivity index is 1.62. The minimum absolute atomic E-state index is 0.0114. The molecule has 6 heteroatoms. The highest BCUT2D eigenvalue weighted by atomic mass is 32.1. The molecule has 0 spiro atoms. The van der Waals surface area contributed by atoms with Crippen LogP contribution in [0.3, 0.4) is 0 Å². The first-order valence-corrected chi connectivity index (χ1v) is 9.19. The third-order valence-electron chi connectivity index (χ3n) is 4.40. The van der Waals surface area contributed by atoms with Crippen molar-refractivity contribution in [2.75, 3.05) is 18.4 Å². The van der Waals surface area contributed by atoms with E-state index in [1.807, 2.05) is 36.6 Å². The summed E-state index contributed by atoms with van der Waals surface area (Å²) in [6.07, 6.45) is 2.68. The first-order chi connectivity index (χ1) is 12.1. The highest BCUT2D eigenvalue weighted by molar-refractivity contribution is 7.09. The Morgan fingerprint density at radius 1 is 1.36 bits per heavy atom. The maximum Gasteiger partial charge on any atom is 0.245 e. The fourth-order valence-electron chi connectivity index (χ4n) is 2.99. The van der Waals surface area contributed by atoms with Gasteiger partial charge in [0.1, 0.15) is 0 Å². The molecule has 3 rings (SSSR count). The zero-order valence-electron chi connectivity index (χ0n) is 14.2. The van der Waals surface area contributed by atoms with Crippen molar-refractivity contribution in [3.8, 4) is 11.3 Å². The summed E-state index contributed by atoms with van der Waals surface area (Å²) in [6.45, 7) is 6.68. The highest BCUT2D eigenvalue weighted by Crippen LogP contribution is 2.25. The minimum atomic E-state index is -0.0703. The molecule has 2 aromatic rings. The number of nitrogens with one attached hydrogen (secondary N) is 1. The standard InChI is InChI=1S/C19H21N3O2S/c1-3-18(23)22-9-7-14(8-10-22)19(24)21-16-6-4-5-15(11-16)17-12-25-13(2)20-17/h3-6,11-12,14H,1,7-10H2,2H3,(H,21,24). The highest BCUT2D eigenvalue weighted by Gasteiger charge is 2.26. The van der Waals surface area contributed by atoms with Crippen LogP contribution in [0, 0.1) is 12.8 Å². The summed E-state index contributed by atoms with van der Waals surface area (Å²) in [5.41, 5.74) is 2.70. The molecule has 1 fully saturated rings. The second-order valence-corrected chi connectivity index (χ2v) is 7.19. The number of hydrogen-bond donors (Lipinski definition) is 1. The zero-order valence-corrected chi connectivity index (χ0v) is 15.0. The molecule has 1 aliphatic rings. The Bertz CT molecular complexity index is 791. The molecule has 25 heavy (non-hydrogen) atoms. The lowest BCUT2D eigenvalue weighted by molar-refractivity contribution is -0.130. The number of rotatable bonds is 4. The normalized spacial score (nSPS) is 15.0. The van der Waals surface area contributed by atoms with Gasteiger partial charge in [0.15, 0.2) is 0 Å². The van der Waals surface area contributed by atoms with Gasteiger partial charge in [0, 0.05) is 35.6 Å². The van der Waals surface area contributed by atoms with Gasteiger partial charge in [0.2, 0.25) is 11.8 Å². The maximum atomic E-state index is 12.5. The van der Waals surface area contributed by atoms with Crippen LogP contribution < -0.4 is 5.32 Å². The first kappa shape index (κ1) is 17.4. The van der Waals surface area contributed by atoms with E-state index in [1.165, 1.54) is 6.08 Å². The summed E-state index contributed by atoms with van der Waals surface area (Å²) >= 11 is 1.61. The van der Waals surface area contributed by atoms with Crippen LogP contribution in [0.2, 0.25) is 0 Å². The van der Waals surface area contributed by atoms with Crippen molar-refractivity contribution in [1.82, 2.24) is 9.88 Å². The van der Waals surface area contributed by atoms with Crippen molar-refractivity contribution >= 4 is 28.8 Å². The molecule has 1 N–H and O–H groups in total.